The Morgan fingerprint density at radius 3 is 2.86 bits per heavy atom. The number of hydrogen-bond acceptors (Lipinski definition) is 4. The minimum Gasteiger partial charge on any atom is -0.468 e. The summed E-state index contributed by atoms with van der Waals surface area (Å²) in [5.41, 5.74) is -1.09. The fraction of sp³-hybridized carbons (Fsp3) is 0.286. The van der Waals surface area contributed by atoms with E-state index in [1.807, 2.05) is 0 Å². The highest BCUT2D eigenvalue weighted by Gasteiger charge is 2.06. The van der Waals surface area contributed by atoms with Crippen molar-refractivity contribution in [3.63, 3.8) is 0 Å². The molecular formula is C7H7IN2O4. The first-order valence-corrected chi connectivity index (χ1v) is 4.68. The number of carbonyl (C=O) groups is 1. The highest BCUT2D eigenvalue weighted by molar-refractivity contribution is 14.1. The second-order valence-corrected chi connectivity index (χ2v) is 3.60. The number of H-pyrrole nitrogens is 1. The Labute approximate surface area is 92.0 Å². The summed E-state index contributed by atoms with van der Waals surface area (Å²) in [6, 6.07) is 0. The van der Waals surface area contributed by atoms with Gasteiger partial charge in [-0.3, -0.25) is 19.1 Å². The van der Waals surface area contributed by atoms with E-state index in [1.165, 1.54) is 13.3 Å². The van der Waals surface area contributed by atoms with Gasteiger partial charge in [0.2, 0.25) is 0 Å². The van der Waals surface area contributed by atoms with E-state index in [-0.39, 0.29) is 6.54 Å². The molecule has 1 rings (SSSR count). The third kappa shape index (κ3) is 2.44. The van der Waals surface area contributed by atoms with Gasteiger partial charge in [0.15, 0.2) is 0 Å². The molecule has 0 aliphatic rings. The maximum atomic E-state index is 11.1. The van der Waals surface area contributed by atoms with Gasteiger partial charge in [0, 0.05) is 6.20 Å². The Kier molecular flexibility index (Phi) is 3.44. The molecule has 0 bridgehead atoms. The van der Waals surface area contributed by atoms with Crippen LogP contribution < -0.4 is 11.2 Å². The molecule has 0 saturated heterocycles. The molecule has 0 aliphatic carbocycles. The lowest BCUT2D eigenvalue weighted by Crippen LogP contribution is -2.33. The maximum absolute atomic E-state index is 11.1. The number of methoxy groups -OCH3 is 1. The average Bonchev–Trinajstić information content (AvgIpc) is 2.14. The van der Waals surface area contributed by atoms with Gasteiger partial charge in [0.25, 0.3) is 5.56 Å². The average molecular weight is 310 g/mol. The molecule has 7 heteroatoms. The lowest BCUT2D eigenvalue weighted by molar-refractivity contribution is -0.141. The SMILES string of the molecule is COC(=O)Cn1cc(I)c(=O)[nH]c1=O. The van der Waals surface area contributed by atoms with Crippen molar-refractivity contribution in [2.24, 2.45) is 0 Å². The highest BCUT2D eigenvalue weighted by Crippen LogP contribution is 1.92. The number of aromatic nitrogens is 2. The molecule has 0 fully saturated rings. The van der Waals surface area contributed by atoms with Crippen LogP contribution in [-0.2, 0) is 16.1 Å². The predicted molar refractivity (Wildman–Crippen MR) is 56.1 cm³/mol. The summed E-state index contributed by atoms with van der Waals surface area (Å²) in [5, 5.41) is 0. The standard InChI is InChI=1S/C7H7IN2O4/c1-14-5(11)3-10-2-4(8)6(12)9-7(10)13/h2H,3H2,1H3,(H,9,12,13). The monoisotopic (exact) mass is 310 g/mol. The Bertz CT molecular complexity index is 461. The van der Waals surface area contributed by atoms with Gasteiger partial charge in [0.05, 0.1) is 10.7 Å². The van der Waals surface area contributed by atoms with Crippen LogP contribution in [0.4, 0.5) is 0 Å². The van der Waals surface area contributed by atoms with E-state index < -0.39 is 17.2 Å². The largest absolute Gasteiger partial charge is 0.468 e. The van der Waals surface area contributed by atoms with Crippen molar-refractivity contribution in [2.45, 2.75) is 6.54 Å². The highest BCUT2D eigenvalue weighted by atomic mass is 127. The molecule has 0 aliphatic heterocycles. The molecule has 0 amide bonds. The summed E-state index contributed by atoms with van der Waals surface area (Å²) in [4.78, 5) is 35.0. The van der Waals surface area contributed by atoms with Gasteiger partial charge in [-0.1, -0.05) is 0 Å². The van der Waals surface area contributed by atoms with E-state index in [4.69, 9.17) is 0 Å². The normalized spacial score (nSPS) is 9.86. The van der Waals surface area contributed by atoms with Crippen LogP contribution >= 0.6 is 22.6 Å². The number of nitrogens with zero attached hydrogens (tertiary/aromatic N) is 1. The first-order valence-electron chi connectivity index (χ1n) is 3.60. The second-order valence-electron chi connectivity index (χ2n) is 2.44. The fourth-order valence-corrected chi connectivity index (χ4v) is 1.27. The van der Waals surface area contributed by atoms with Crippen LogP contribution in [0.1, 0.15) is 0 Å². The van der Waals surface area contributed by atoms with Gasteiger partial charge in [-0.05, 0) is 22.6 Å². The van der Waals surface area contributed by atoms with Gasteiger partial charge in [0.1, 0.15) is 6.54 Å². The van der Waals surface area contributed by atoms with Crippen LogP contribution in [0.2, 0.25) is 0 Å². The lowest BCUT2D eigenvalue weighted by atomic mass is 10.6. The minimum atomic E-state index is -0.624. The molecule has 76 valence electrons. The van der Waals surface area contributed by atoms with Gasteiger partial charge in [-0.25, -0.2) is 4.79 Å². The molecule has 0 radical (unpaired) electrons. The number of hydrogen-bond donors (Lipinski definition) is 1. The van der Waals surface area contributed by atoms with Gasteiger partial charge < -0.3 is 4.74 Å². The Balaban J connectivity index is 3.11. The molecule has 1 N–H and O–H groups in total. The van der Waals surface area contributed by atoms with Gasteiger partial charge in [-0.2, -0.15) is 0 Å². The van der Waals surface area contributed by atoms with Crippen LogP contribution in [0, 0.1) is 3.57 Å². The first kappa shape index (κ1) is 11.0. The van der Waals surface area contributed by atoms with Crippen LogP contribution in [0.3, 0.4) is 0 Å². The van der Waals surface area contributed by atoms with Crippen molar-refractivity contribution in [3.05, 3.63) is 30.6 Å². The molecule has 0 unspecified atom stereocenters. The summed E-state index contributed by atoms with van der Waals surface area (Å²) in [6.07, 6.45) is 1.30. The second kappa shape index (κ2) is 4.40. The summed E-state index contributed by atoms with van der Waals surface area (Å²) in [5.74, 6) is -0.546. The Morgan fingerprint density at radius 2 is 2.29 bits per heavy atom. The zero-order valence-corrected chi connectivity index (χ0v) is 9.40. The Morgan fingerprint density at radius 1 is 1.64 bits per heavy atom. The Hall–Kier alpha value is -1.12. The number of rotatable bonds is 2. The van der Waals surface area contributed by atoms with E-state index >= 15 is 0 Å². The summed E-state index contributed by atoms with van der Waals surface area (Å²) < 4.78 is 5.80. The third-order valence-electron chi connectivity index (χ3n) is 1.49. The van der Waals surface area contributed by atoms with Crippen molar-refractivity contribution < 1.29 is 9.53 Å². The zero-order chi connectivity index (χ0) is 10.7. The van der Waals surface area contributed by atoms with Crippen LogP contribution in [0.25, 0.3) is 0 Å². The fourth-order valence-electron chi connectivity index (χ4n) is 0.804. The number of carbonyl (C=O) groups excluding carboxylic acids is 1. The van der Waals surface area contributed by atoms with E-state index in [1.54, 1.807) is 22.6 Å². The van der Waals surface area contributed by atoms with E-state index in [2.05, 4.69) is 9.72 Å². The molecule has 0 saturated carbocycles. The minimum absolute atomic E-state index is 0.206. The van der Waals surface area contributed by atoms with E-state index in [9.17, 15) is 14.4 Å². The smallest absolute Gasteiger partial charge is 0.328 e. The van der Waals surface area contributed by atoms with Gasteiger partial charge in [-0.15, -0.1) is 0 Å². The molecule has 6 nitrogen and oxygen atoms in total. The van der Waals surface area contributed by atoms with Crippen molar-refractivity contribution in [3.8, 4) is 0 Å². The van der Waals surface area contributed by atoms with E-state index in [0.717, 1.165) is 4.57 Å². The molecule has 0 atom stereocenters. The quantitative estimate of drug-likeness (QED) is 0.579. The zero-order valence-electron chi connectivity index (χ0n) is 7.24. The van der Waals surface area contributed by atoms with Gasteiger partial charge >= 0.3 is 11.7 Å². The van der Waals surface area contributed by atoms with E-state index in [0.29, 0.717) is 3.57 Å². The molecular weight excluding hydrogens is 303 g/mol. The van der Waals surface area contributed by atoms with Crippen LogP contribution in [0.15, 0.2) is 15.8 Å². The predicted octanol–water partition coefficient (Wildman–Crippen LogP) is -0.686. The molecule has 14 heavy (non-hydrogen) atoms. The van der Waals surface area contributed by atoms with Crippen LogP contribution in [0.5, 0.6) is 0 Å². The maximum Gasteiger partial charge on any atom is 0.328 e. The molecule has 1 aromatic heterocycles. The molecule has 1 aromatic rings. The van der Waals surface area contributed by atoms with Crippen molar-refractivity contribution >= 4 is 28.6 Å². The number of aromatic amines is 1. The molecule has 0 spiro atoms. The number of esters is 1. The summed E-state index contributed by atoms with van der Waals surface area (Å²) in [6.45, 7) is -0.206. The molecule has 0 aromatic carbocycles. The van der Waals surface area contributed by atoms with Crippen molar-refractivity contribution in [1.82, 2.24) is 9.55 Å². The third-order valence-corrected chi connectivity index (χ3v) is 2.26. The topological polar surface area (TPSA) is 81.2 Å². The van der Waals surface area contributed by atoms with Crippen LogP contribution in [-0.4, -0.2) is 22.6 Å². The van der Waals surface area contributed by atoms with Crippen molar-refractivity contribution in [2.75, 3.05) is 7.11 Å². The lowest BCUT2D eigenvalue weighted by Gasteiger charge is -2.02. The molecule has 1 heterocycles. The summed E-state index contributed by atoms with van der Waals surface area (Å²) in [7, 11) is 1.23. The first-order chi connectivity index (χ1) is 6.54. The summed E-state index contributed by atoms with van der Waals surface area (Å²) >= 11 is 1.77. The number of halogens is 1. The van der Waals surface area contributed by atoms with Crippen molar-refractivity contribution in [1.29, 1.82) is 0 Å². The number of nitrogens with one attached hydrogen (secondary N) is 1. The number of ether oxygens (including phenoxy) is 1.